The molecule has 10 rings (SSSR count). The van der Waals surface area contributed by atoms with Gasteiger partial charge in [0.05, 0.1) is 5.41 Å². The Balaban J connectivity index is 0.000000505. The zero-order valence-corrected chi connectivity index (χ0v) is 37.8. The molecule has 0 amide bonds. The van der Waals surface area contributed by atoms with Gasteiger partial charge < -0.3 is 15.5 Å². The van der Waals surface area contributed by atoms with E-state index in [2.05, 4.69) is 177 Å². The minimum atomic E-state index is -0.451. The average molecular weight is 837 g/mol. The predicted molar refractivity (Wildman–Crippen MR) is 280 cm³/mol. The number of rotatable bonds is 5. The predicted octanol–water partition coefficient (Wildman–Crippen LogP) is 13.0. The molecule has 0 radical (unpaired) electrons. The third kappa shape index (κ3) is 8.30. The first-order chi connectivity index (χ1) is 31.6. The largest absolute Gasteiger partial charge is 0.460 e. The maximum absolute atomic E-state index is 6.36. The summed E-state index contributed by atoms with van der Waals surface area (Å²) in [4.78, 5) is 0. The van der Waals surface area contributed by atoms with Gasteiger partial charge in [0.1, 0.15) is 11.2 Å². The Morgan fingerprint density at radius 3 is 2.05 bits per heavy atom. The van der Waals surface area contributed by atoms with E-state index in [9.17, 15) is 0 Å². The minimum Gasteiger partial charge on any atom is -0.460 e. The van der Waals surface area contributed by atoms with Crippen LogP contribution in [-0.2, 0) is 11.8 Å². The summed E-state index contributed by atoms with van der Waals surface area (Å²) in [7, 11) is 0. The third-order valence-corrected chi connectivity index (χ3v) is 12.2. The maximum Gasteiger partial charge on any atom is 0.136 e. The highest BCUT2D eigenvalue weighted by atomic mass is 16.3. The van der Waals surface area contributed by atoms with Crippen LogP contribution in [0.1, 0.15) is 80.5 Å². The molecule has 1 heterocycles. The summed E-state index contributed by atoms with van der Waals surface area (Å²) in [6.45, 7) is 18.9. The number of nitrogens with two attached hydrogens (primary N) is 1. The van der Waals surface area contributed by atoms with Crippen molar-refractivity contribution in [2.75, 3.05) is 5.32 Å². The molecular formula is C61H60N2O. The Morgan fingerprint density at radius 1 is 0.734 bits per heavy atom. The van der Waals surface area contributed by atoms with E-state index in [1.807, 2.05) is 51.2 Å². The van der Waals surface area contributed by atoms with E-state index in [0.717, 1.165) is 58.9 Å². The fourth-order valence-electron chi connectivity index (χ4n) is 9.49. The molecule has 320 valence electrons. The van der Waals surface area contributed by atoms with Crippen molar-refractivity contribution in [2.45, 2.75) is 58.8 Å². The van der Waals surface area contributed by atoms with Crippen LogP contribution in [0.15, 0.2) is 182 Å². The highest BCUT2D eigenvalue weighted by Crippen LogP contribution is 2.56. The van der Waals surface area contributed by atoms with Gasteiger partial charge in [0.2, 0.25) is 0 Å². The number of hydrogen-bond acceptors (Lipinski definition) is 3. The van der Waals surface area contributed by atoms with Crippen molar-refractivity contribution in [3.05, 3.63) is 232 Å². The number of anilines is 1. The number of benzene rings is 6. The van der Waals surface area contributed by atoms with E-state index in [-0.39, 0.29) is 0 Å². The molecule has 6 aromatic carbocycles. The number of aryl methyl sites for hydroxylation is 1. The topological polar surface area (TPSA) is 51.2 Å². The number of allylic oxidation sites excluding steroid dienone is 7. The van der Waals surface area contributed by atoms with Crippen LogP contribution in [0, 0.1) is 0 Å². The van der Waals surface area contributed by atoms with Crippen molar-refractivity contribution in [1.29, 1.82) is 0 Å². The summed E-state index contributed by atoms with van der Waals surface area (Å²) in [6.07, 6.45) is 28.6. The summed E-state index contributed by atoms with van der Waals surface area (Å²) >= 11 is 0. The number of nitrogens with one attached hydrogen (secondary N) is 1. The Morgan fingerprint density at radius 2 is 1.36 bits per heavy atom. The van der Waals surface area contributed by atoms with Gasteiger partial charge in [0, 0.05) is 29.1 Å². The van der Waals surface area contributed by atoms with Crippen molar-refractivity contribution < 1.29 is 4.42 Å². The average Bonchev–Trinajstić information content (AvgIpc) is 3.87. The second-order valence-electron chi connectivity index (χ2n) is 15.6. The monoisotopic (exact) mass is 836 g/mol. The SMILES string of the molecule is C=C.C=C1/C=c2\c(c3ccccc3c3ccccc23)=C/CC2(c3ccccc31)c1ccccc1-c1ccc(N/C=c3/c4c(o/c3=C/C=C/C)CCC=C4)cc12.CC.CC/C=C\C=C/N. The van der Waals surface area contributed by atoms with Crippen LogP contribution in [0.4, 0.5) is 5.69 Å². The first kappa shape index (κ1) is 44.7. The van der Waals surface area contributed by atoms with Crippen LogP contribution in [0.3, 0.4) is 0 Å². The highest BCUT2D eigenvalue weighted by Gasteiger charge is 2.45. The van der Waals surface area contributed by atoms with Crippen molar-refractivity contribution >= 4 is 63.3 Å². The van der Waals surface area contributed by atoms with E-state index in [0.29, 0.717) is 0 Å². The molecule has 1 aromatic heterocycles. The summed E-state index contributed by atoms with van der Waals surface area (Å²) in [6, 6.07) is 42.6. The molecule has 3 N–H and O–H groups in total. The molecule has 3 aliphatic carbocycles. The molecule has 0 saturated heterocycles. The molecule has 1 atom stereocenters. The van der Waals surface area contributed by atoms with Crippen molar-refractivity contribution in [3.8, 4) is 11.1 Å². The first-order valence-electron chi connectivity index (χ1n) is 22.6. The fraction of sp³-hybridized carbons (Fsp3) is 0.148. The molecule has 1 unspecified atom stereocenters. The molecule has 3 heteroatoms. The van der Waals surface area contributed by atoms with Crippen LogP contribution < -0.4 is 32.1 Å². The lowest BCUT2D eigenvalue weighted by Crippen LogP contribution is -2.30. The van der Waals surface area contributed by atoms with Crippen molar-refractivity contribution in [1.82, 2.24) is 0 Å². The lowest BCUT2D eigenvalue weighted by Gasteiger charge is -2.34. The van der Waals surface area contributed by atoms with E-state index in [1.165, 1.54) is 71.6 Å². The molecule has 0 saturated carbocycles. The van der Waals surface area contributed by atoms with Crippen molar-refractivity contribution in [3.63, 3.8) is 0 Å². The summed E-state index contributed by atoms with van der Waals surface area (Å²) in [5, 5.41) is 12.4. The zero-order valence-electron chi connectivity index (χ0n) is 37.8. The van der Waals surface area contributed by atoms with E-state index < -0.39 is 5.41 Å². The molecule has 3 nitrogen and oxygen atoms in total. The van der Waals surface area contributed by atoms with Crippen LogP contribution in [0.5, 0.6) is 0 Å². The van der Waals surface area contributed by atoms with Gasteiger partial charge in [-0.05, 0) is 134 Å². The normalized spacial score (nSPS) is 17.2. The van der Waals surface area contributed by atoms with Gasteiger partial charge in [-0.15, -0.1) is 13.2 Å². The lowest BCUT2D eigenvalue weighted by atomic mass is 9.68. The van der Waals surface area contributed by atoms with Gasteiger partial charge >= 0.3 is 0 Å². The van der Waals surface area contributed by atoms with Crippen LogP contribution >= 0.6 is 0 Å². The molecule has 0 aliphatic heterocycles. The van der Waals surface area contributed by atoms with Gasteiger partial charge in [-0.1, -0.05) is 173 Å². The summed E-state index contributed by atoms with van der Waals surface area (Å²) in [5.41, 5.74) is 16.4. The molecule has 0 fully saturated rings. The zero-order chi connectivity index (χ0) is 45.1. The molecule has 1 spiro atoms. The molecular weight excluding hydrogens is 777 g/mol. The van der Waals surface area contributed by atoms with Gasteiger partial charge in [-0.3, -0.25) is 0 Å². The number of hydrogen-bond donors (Lipinski definition) is 2. The van der Waals surface area contributed by atoms with Crippen LogP contribution in [0.2, 0.25) is 0 Å². The molecule has 0 bridgehead atoms. The number of fused-ring (bicyclic) bond motifs is 14. The second-order valence-corrected chi connectivity index (χ2v) is 15.6. The Kier molecular flexibility index (Phi) is 14.4. The molecule has 7 aromatic rings. The Labute approximate surface area is 379 Å². The smallest absolute Gasteiger partial charge is 0.136 e. The van der Waals surface area contributed by atoms with E-state index >= 15 is 0 Å². The van der Waals surface area contributed by atoms with Gasteiger partial charge in [0.15, 0.2) is 0 Å². The Bertz CT molecular complexity index is 3210. The van der Waals surface area contributed by atoms with Crippen LogP contribution in [-0.4, -0.2) is 0 Å². The summed E-state index contributed by atoms with van der Waals surface area (Å²) < 4.78 is 6.36. The highest BCUT2D eigenvalue weighted by molar-refractivity contribution is 6.09. The minimum absolute atomic E-state index is 0.451. The third-order valence-electron chi connectivity index (χ3n) is 12.2. The Hall–Kier alpha value is -7.36. The first-order valence-corrected chi connectivity index (χ1v) is 22.6. The number of furan rings is 1. The van der Waals surface area contributed by atoms with E-state index in [1.54, 1.807) is 0 Å². The quantitative estimate of drug-likeness (QED) is 0.103. The molecule has 64 heavy (non-hydrogen) atoms. The van der Waals surface area contributed by atoms with E-state index in [4.69, 9.17) is 16.7 Å². The maximum atomic E-state index is 6.36. The summed E-state index contributed by atoms with van der Waals surface area (Å²) in [5.74, 6) is 1.05. The van der Waals surface area contributed by atoms with Gasteiger partial charge in [-0.2, -0.15) is 0 Å². The lowest BCUT2D eigenvalue weighted by molar-refractivity contribution is 0.479. The molecule has 3 aliphatic rings. The second kappa shape index (κ2) is 20.7. The van der Waals surface area contributed by atoms with Crippen molar-refractivity contribution in [2.24, 2.45) is 5.73 Å². The standard InChI is InChI=1S/C51H39NO.C6H11N.C2H6.C2H4/c1-3-4-24-50-45(43-21-11-14-25-49(43)53-50)32-52-34-26-27-42-41-20-10-13-23-47(41)51(48(42)31-34)29-28-40-38-18-6-5-16-36(38)37-17-7-8-19-39(37)44(40)30-33(2)35-15-9-12-22-46(35)51;1-2-3-4-5-6-7;2*1-2/h3-13,15-24,26-28,30-32,52H,2,14,25,29H2,1H3;3-6H,2,7H2,1H3;1-2H3;1-2H2/b4-3+,40-28-,44-30-,45-32-,50-24+;4-3-,6-5-;;. The van der Waals surface area contributed by atoms with Gasteiger partial charge in [0.25, 0.3) is 0 Å². The van der Waals surface area contributed by atoms with Gasteiger partial charge in [-0.25, -0.2) is 0 Å². The van der Waals surface area contributed by atoms with Crippen LogP contribution in [0.25, 0.3) is 68.7 Å². The fourth-order valence-corrected chi connectivity index (χ4v) is 9.49.